The summed E-state index contributed by atoms with van der Waals surface area (Å²) in [6, 6.07) is 2.00. The van der Waals surface area contributed by atoms with Gasteiger partial charge in [0.2, 0.25) is 0 Å². The molecule has 0 aromatic carbocycles. The topological polar surface area (TPSA) is 21.1 Å². The molecule has 1 aromatic rings. The van der Waals surface area contributed by atoms with E-state index in [-0.39, 0.29) is 0 Å². The third-order valence-electron chi connectivity index (χ3n) is 7.96. The molecule has 196 valence electrons. The van der Waals surface area contributed by atoms with Crippen LogP contribution in [-0.2, 0) is 6.54 Å². The summed E-state index contributed by atoms with van der Waals surface area (Å²) in [7, 11) is 2.25. The summed E-state index contributed by atoms with van der Waals surface area (Å²) in [6.07, 6.45) is 26.0. The highest BCUT2D eigenvalue weighted by atomic mass is 15.3. The van der Waals surface area contributed by atoms with Crippen LogP contribution in [0.1, 0.15) is 106 Å². The molecular formula is C32H53N3. The highest BCUT2D eigenvalue weighted by molar-refractivity contribution is 5.38. The van der Waals surface area contributed by atoms with Crippen LogP contribution in [0.4, 0.5) is 0 Å². The Labute approximate surface area is 217 Å². The molecule has 0 radical (unpaired) electrons. The highest BCUT2D eigenvalue weighted by Crippen LogP contribution is 2.36. The molecule has 1 aliphatic heterocycles. The SMILES string of the molecule is CC/C=C\C=C1\C(C)C/C=C2\CCCCC\C2=C(/C)N1C.CCC(C)CC(CC)Cn1cccn1. The quantitative estimate of drug-likeness (QED) is 0.370. The fraction of sp³-hybridized carbons (Fsp3) is 0.656. The van der Waals surface area contributed by atoms with E-state index >= 15 is 0 Å². The summed E-state index contributed by atoms with van der Waals surface area (Å²) < 4.78 is 2.05. The van der Waals surface area contributed by atoms with Gasteiger partial charge in [-0.1, -0.05) is 72.1 Å². The first kappa shape index (κ1) is 29.2. The van der Waals surface area contributed by atoms with E-state index < -0.39 is 0 Å². The van der Waals surface area contributed by atoms with E-state index in [0.29, 0.717) is 5.92 Å². The first-order chi connectivity index (χ1) is 16.9. The molecule has 1 aliphatic carbocycles. The Hall–Kier alpha value is -2.03. The predicted molar refractivity (Wildman–Crippen MR) is 153 cm³/mol. The number of hydrogen-bond donors (Lipinski definition) is 0. The zero-order chi connectivity index (χ0) is 25.6. The molecule has 2 heterocycles. The van der Waals surface area contributed by atoms with Crippen LogP contribution in [0, 0.1) is 17.8 Å². The normalized spacial score (nSPS) is 25.6. The first-order valence-corrected chi connectivity index (χ1v) is 14.4. The molecule has 0 bridgehead atoms. The highest BCUT2D eigenvalue weighted by Gasteiger charge is 2.22. The summed E-state index contributed by atoms with van der Waals surface area (Å²) in [5, 5.41) is 4.25. The standard InChI is InChI=1S/C20H31N.C12H22N2/c1-5-6-8-13-20-16(2)14-15-18-11-9-7-10-12-19(18)17(3)21(20)4;1-4-11(3)9-12(5-2)10-14-8-6-7-13-14/h6,8,13,15-16H,5,7,9-12,14H2,1-4H3;6-8,11-12H,4-5,9-10H2,1-3H3/b8-6-,18-15+,19-17-,20-13-;. The summed E-state index contributed by atoms with van der Waals surface area (Å²) >= 11 is 0. The molecule has 3 unspecified atom stereocenters. The van der Waals surface area contributed by atoms with Crippen molar-refractivity contribution in [1.29, 1.82) is 0 Å². The van der Waals surface area contributed by atoms with Crippen LogP contribution >= 0.6 is 0 Å². The number of rotatable bonds is 8. The molecule has 1 fully saturated rings. The molecule has 1 aromatic heterocycles. The maximum absolute atomic E-state index is 4.25. The van der Waals surface area contributed by atoms with Crippen LogP contribution in [0.15, 0.2) is 65.3 Å². The molecule has 1 saturated carbocycles. The maximum Gasteiger partial charge on any atom is 0.0489 e. The Morgan fingerprint density at radius 2 is 1.89 bits per heavy atom. The number of nitrogens with zero attached hydrogens (tertiary/aromatic N) is 3. The van der Waals surface area contributed by atoms with E-state index in [4.69, 9.17) is 0 Å². The summed E-state index contributed by atoms with van der Waals surface area (Å²) in [4.78, 5) is 2.44. The van der Waals surface area contributed by atoms with Crippen LogP contribution in [0.25, 0.3) is 0 Å². The smallest absolute Gasteiger partial charge is 0.0489 e. The average Bonchev–Trinajstić information content (AvgIpc) is 3.26. The third kappa shape index (κ3) is 9.50. The predicted octanol–water partition coefficient (Wildman–Crippen LogP) is 9.32. The van der Waals surface area contributed by atoms with E-state index in [9.17, 15) is 0 Å². The van der Waals surface area contributed by atoms with Gasteiger partial charge in [-0.05, 0) is 92.9 Å². The van der Waals surface area contributed by atoms with Crippen molar-refractivity contribution < 1.29 is 0 Å². The summed E-state index contributed by atoms with van der Waals surface area (Å²) in [6.45, 7) is 14.8. The Morgan fingerprint density at radius 1 is 1.11 bits per heavy atom. The van der Waals surface area contributed by atoms with Crippen molar-refractivity contribution >= 4 is 0 Å². The van der Waals surface area contributed by atoms with Crippen molar-refractivity contribution in [2.24, 2.45) is 17.8 Å². The average molecular weight is 480 g/mol. The van der Waals surface area contributed by atoms with Gasteiger partial charge < -0.3 is 4.90 Å². The Kier molecular flexibility index (Phi) is 13.2. The third-order valence-corrected chi connectivity index (χ3v) is 7.96. The summed E-state index contributed by atoms with van der Waals surface area (Å²) in [5.41, 5.74) is 6.16. The van der Waals surface area contributed by atoms with E-state index in [0.717, 1.165) is 24.8 Å². The largest absolute Gasteiger partial charge is 0.351 e. The van der Waals surface area contributed by atoms with Crippen molar-refractivity contribution in [3.05, 3.63) is 65.3 Å². The molecule has 3 heteroatoms. The fourth-order valence-electron chi connectivity index (χ4n) is 5.27. The van der Waals surface area contributed by atoms with Crippen LogP contribution in [0.2, 0.25) is 0 Å². The van der Waals surface area contributed by atoms with Crippen molar-refractivity contribution in [2.45, 2.75) is 112 Å². The molecule has 2 aliphatic rings. The lowest BCUT2D eigenvalue weighted by atomic mass is 9.91. The Balaban J connectivity index is 0.000000269. The van der Waals surface area contributed by atoms with E-state index in [2.05, 4.69) is 93.8 Å². The van der Waals surface area contributed by atoms with Crippen LogP contribution < -0.4 is 0 Å². The lowest BCUT2D eigenvalue weighted by Crippen LogP contribution is -2.23. The zero-order valence-electron chi connectivity index (χ0n) is 23.9. The second kappa shape index (κ2) is 15.9. The second-order valence-electron chi connectivity index (χ2n) is 10.7. The van der Waals surface area contributed by atoms with E-state index in [1.807, 2.05) is 12.3 Å². The number of allylic oxidation sites excluding steroid dienone is 8. The van der Waals surface area contributed by atoms with Gasteiger partial charge in [0.05, 0.1) is 0 Å². The number of fused-ring (bicyclic) bond motifs is 1. The lowest BCUT2D eigenvalue weighted by molar-refractivity contribution is 0.323. The van der Waals surface area contributed by atoms with Crippen molar-refractivity contribution in [2.75, 3.05) is 7.05 Å². The molecule has 3 rings (SSSR count). The molecule has 0 saturated heterocycles. The minimum Gasteiger partial charge on any atom is -0.351 e. The summed E-state index contributed by atoms with van der Waals surface area (Å²) in [5.74, 6) is 2.21. The molecular weight excluding hydrogens is 426 g/mol. The lowest BCUT2D eigenvalue weighted by Gasteiger charge is -2.32. The molecule has 0 spiro atoms. The van der Waals surface area contributed by atoms with Crippen LogP contribution in [0.5, 0.6) is 0 Å². The van der Waals surface area contributed by atoms with Gasteiger partial charge in [-0.25, -0.2) is 0 Å². The minimum atomic E-state index is 0.587. The van der Waals surface area contributed by atoms with Crippen LogP contribution in [-0.4, -0.2) is 21.7 Å². The van der Waals surface area contributed by atoms with Crippen molar-refractivity contribution in [1.82, 2.24) is 14.7 Å². The van der Waals surface area contributed by atoms with E-state index in [1.165, 1.54) is 69.2 Å². The van der Waals surface area contributed by atoms with E-state index in [1.54, 1.807) is 11.1 Å². The van der Waals surface area contributed by atoms with Gasteiger partial charge in [0.1, 0.15) is 0 Å². The van der Waals surface area contributed by atoms with Gasteiger partial charge in [-0.15, -0.1) is 0 Å². The Bertz CT molecular complexity index is 840. The molecule has 35 heavy (non-hydrogen) atoms. The molecule has 3 atom stereocenters. The molecule has 0 amide bonds. The zero-order valence-corrected chi connectivity index (χ0v) is 23.9. The fourth-order valence-corrected chi connectivity index (χ4v) is 5.27. The maximum atomic E-state index is 4.25. The van der Waals surface area contributed by atoms with Gasteiger partial charge in [-0.3, -0.25) is 4.68 Å². The molecule has 0 N–H and O–H groups in total. The van der Waals surface area contributed by atoms with Gasteiger partial charge >= 0.3 is 0 Å². The monoisotopic (exact) mass is 479 g/mol. The first-order valence-electron chi connectivity index (χ1n) is 14.4. The van der Waals surface area contributed by atoms with Crippen LogP contribution in [0.3, 0.4) is 0 Å². The molecule has 3 nitrogen and oxygen atoms in total. The van der Waals surface area contributed by atoms with Gasteiger partial charge in [0, 0.05) is 37.4 Å². The van der Waals surface area contributed by atoms with Gasteiger partial charge in [-0.2, -0.15) is 5.10 Å². The van der Waals surface area contributed by atoms with Gasteiger partial charge in [0.25, 0.3) is 0 Å². The second-order valence-corrected chi connectivity index (χ2v) is 10.7. The number of aromatic nitrogens is 2. The van der Waals surface area contributed by atoms with Crippen molar-refractivity contribution in [3.63, 3.8) is 0 Å². The van der Waals surface area contributed by atoms with Crippen molar-refractivity contribution in [3.8, 4) is 0 Å². The Morgan fingerprint density at radius 3 is 2.54 bits per heavy atom. The minimum absolute atomic E-state index is 0.587. The number of hydrogen-bond acceptors (Lipinski definition) is 2. The van der Waals surface area contributed by atoms with Gasteiger partial charge in [0.15, 0.2) is 0 Å².